The number of hydrogen-bond donors (Lipinski definition) is 0. The quantitative estimate of drug-likeness (QED) is 0.535. The van der Waals surface area contributed by atoms with Gasteiger partial charge in [0.25, 0.3) is 0 Å². The van der Waals surface area contributed by atoms with Gasteiger partial charge in [-0.3, -0.25) is 9.59 Å². The fourth-order valence-electron chi connectivity index (χ4n) is 2.68. The van der Waals surface area contributed by atoms with Crippen LogP contribution in [0.25, 0.3) is 0 Å². The van der Waals surface area contributed by atoms with Gasteiger partial charge < -0.3 is 4.74 Å². The first-order valence-electron chi connectivity index (χ1n) is 6.25. The summed E-state index contributed by atoms with van der Waals surface area (Å²) in [6.45, 7) is 8.57. The predicted octanol–water partition coefficient (Wildman–Crippen LogP) is 2.78. The monoisotopic (exact) mass is 226 g/mol. The third kappa shape index (κ3) is 2.63. The Bertz CT molecular complexity index is 262. The number of carbonyl (C=O) groups excluding carboxylic acids is 2. The van der Waals surface area contributed by atoms with Crippen molar-refractivity contribution in [1.29, 1.82) is 0 Å². The summed E-state index contributed by atoms with van der Waals surface area (Å²) < 4.78 is 4.67. The molecule has 0 bridgehead atoms. The second-order valence-corrected chi connectivity index (χ2v) is 4.95. The smallest absolute Gasteiger partial charge is 0.317 e. The minimum Gasteiger partial charge on any atom is -0.393 e. The Hall–Kier alpha value is -0.860. The number of esters is 2. The van der Waals surface area contributed by atoms with Crippen LogP contribution in [0.5, 0.6) is 0 Å². The Labute approximate surface area is 97.5 Å². The van der Waals surface area contributed by atoms with Crippen LogP contribution in [0.15, 0.2) is 0 Å². The molecule has 1 rings (SSSR count). The van der Waals surface area contributed by atoms with E-state index in [2.05, 4.69) is 32.4 Å². The first-order chi connectivity index (χ1) is 7.51. The lowest BCUT2D eigenvalue weighted by atomic mass is 9.72. The Kier molecular flexibility index (Phi) is 4.51. The first-order valence-corrected chi connectivity index (χ1v) is 6.25. The van der Waals surface area contributed by atoms with Crippen molar-refractivity contribution in [3.8, 4) is 0 Å². The van der Waals surface area contributed by atoms with Crippen molar-refractivity contribution in [3.63, 3.8) is 0 Å². The minimum atomic E-state index is -0.355. The van der Waals surface area contributed by atoms with Crippen molar-refractivity contribution in [3.05, 3.63) is 0 Å². The highest BCUT2D eigenvalue weighted by atomic mass is 16.6. The molecule has 1 heterocycles. The highest BCUT2D eigenvalue weighted by Crippen LogP contribution is 2.37. The van der Waals surface area contributed by atoms with Crippen LogP contribution < -0.4 is 0 Å². The molecule has 1 aliphatic rings. The van der Waals surface area contributed by atoms with E-state index >= 15 is 0 Å². The van der Waals surface area contributed by atoms with E-state index in [1.54, 1.807) is 0 Å². The molecule has 0 saturated carbocycles. The van der Waals surface area contributed by atoms with Crippen LogP contribution in [0, 0.1) is 23.7 Å². The van der Waals surface area contributed by atoms with Gasteiger partial charge in [-0.1, -0.05) is 40.5 Å². The van der Waals surface area contributed by atoms with E-state index in [1.165, 1.54) is 0 Å². The van der Waals surface area contributed by atoms with Gasteiger partial charge in [0.15, 0.2) is 0 Å². The summed E-state index contributed by atoms with van der Waals surface area (Å²) in [7, 11) is 0. The minimum absolute atomic E-state index is 0.211. The maximum absolute atomic E-state index is 11.6. The summed E-state index contributed by atoms with van der Waals surface area (Å²) in [5, 5.41) is 0. The molecule has 0 radical (unpaired) electrons. The number of cyclic esters (lactones) is 2. The molecule has 0 aliphatic carbocycles. The summed E-state index contributed by atoms with van der Waals surface area (Å²) in [5.41, 5.74) is 0. The average molecular weight is 226 g/mol. The SMILES string of the molecule is CCC(C)C(C(C)CC)C1CC(=O)OC1=O. The summed E-state index contributed by atoms with van der Waals surface area (Å²) in [4.78, 5) is 22.8. The molecule has 0 spiro atoms. The van der Waals surface area contributed by atoms with E-state index in [4.69, 9.17) is 0 Å². The van der Waals surface area contributed by atoms with Crippen molar-refractivity contribution in [2.24, 2.45) is 23.7 Å². The van der Waals surface area contributed by atoms with Crippen LogP contribution in [-0.4, -0.2) is 11.9 Å². The van der Waals surface area contributed by atoms with E-state index in [0.29, 0.717) is 11.8 Å². The third-order valence-electron chi connectivity index (χ3n) is 3.97. The van der Waals surface area contributed by atoms with Crippen LogP contribution in [0.3, 0.4) is 0 Å². The average Bonchev–Trinajstić information content (AvgIpc) is 2.57. The zero-order valence-corrected chi connectivity index (χ0v) is 10.7. The molecule has 1 saturated heterocycles. The van der Waals surface area contributed by atoms with E-state index < -0.39 is 0 Å². The molecule has 16 heavy (non-hydrogen) atoms. The molecule has 1 fully saturated rings. The Morgan fingerprint density at radius 2 is 1.69 bits per heavy atom. The van der Waals surface area contributed by atoms with E-state index in [1.807, 2.05) is 0 Å². The zero-order valence-electron chi connectivity index (χ0n) is 10.7. The second-order valence-electron chi connectivity index (χ2n) is 4.95. The summed E-state index contributed by atoms with van der Waals surface area (Å²) in [5.74, 6) is 0.311. The fourth-order valence-corrected chi connectivity index (χ4v) is 2.68. The lowest BCUT2D eigenvalue weighted by Crippen LogP contribution is -2.30. The van der Waals surface area contributed by atoms with Crippen molar-refractivity contribution in [2.45, 2.75) is 47.0 Å². The van der Waals surface area contributed by atoms with Crippen molar-refractivity contribution in [2.75, 3.05) is 0 Å². The topological polar surface area (TPSA) is 43.4 Å². The molecule has 1 aliphatic heterocycles. The Morgan fingerprint density at radius 1 is 1.19 bits per heavy atom. The van der Waals surface area contributed by atoms with Crippen molar-refractivity contribution < 1.29 is 14.3 Å². The number of carbonyl (C=O) groups is 2. The number of hydrogen-bond acceptors (Lipinski definition) is 3. The second kappa shape index (κ2) is 5.46. The summed E-state index contributed by atoms with van der Waals surface area (Å²) >= 11 is 0. The molecule has 92 valence electrons. The first kappa shape index (κ1) is 13.2. The van der Waals surface area contributed by atoms with Crippen LogP contribution in [0.2, 0.25) is 0 Å². The maximum atomic E-state index is 11.6. The fraction of sp³-hybridized carbons (Fsp3) is 0.846. The van der Waals surface area contributed by atoms with Gasteiger partial charge in [-0.2, -0.15) is 0 Å². The van der Waals surface area contributed by atoms with Gasteiger partial charge in [0, 0.05) is 0 Å². The lowest BCUT2D eigenvalue weighted by molar-refractivity contribution is -0.154. The largest absolute Gasteiger partial charge is 0.393 e. The lowest BCUT2D eigenvalue weighted by Gasteiger charge is -2.31. The van der Waals surface area contributed by atoms with E-state index in [9.17, 15) is 9.59 Å². The van der Waals surface area contributed by atoms with Gasteiger partial charge in [-0.25, -0.2) is 0 Å². The van der Waals surface area contributed by atoms with Gasteiger partial charge in [-0.05, 0) is 17.8 Å². The van der Waals surface area contributed by atoms with Gasteiger partial charge >= 0.3 is 11.9 Å². The molecule has 3 atom stereocenters. The molecule has 3 unspecified atom stereocenters. The van der Waals surface area contributed by atoms with Crippen LogP contribution in [-0.2, 0) is 14.3 Å². The van der Waals surface area contributed by atoms with Gasteiger partial charge in [0.1, 0.15) is 0 Å². The molecule has 0 aromatic heterocycles. The standard InChI is InChI=1S/C13H22O3/c1-5-8(3)12(9(4)6-2)10-7-11(14)16-13(10)15/h8-10,12H,5-7H2,1-4H3. The van der Waals surface area contributed by atoms with E-state index in [0.717, 1.165) is 12.8 Å². The highest BCUT2D eigenvalue weighted by Gasteiger charge is 2.42. The molecule has 3 nitrogen and oxygen atoms in total. The summed E-state index contributed by atoms with van der Waals surface area (Å²) in [6.07, 6.45) is 2.35. The normalized spacial score (nSPS) is 26.4. The van der Waals surface area contributed by atoms with Crippen molar-refractivity contribution >= 4 is 11.9 Å². The number of ether oxygens (including phenoxy) is 1. The maximum Gasteiger partial charge on any atom is 0.317 e. The molecule has 0 amide bonds. The number of rotatable bonds is 5. The molecule has 0 N–H and O–H groups in total. The zero-order chi connectivity index (χ0) is 12.3. The van der Waals surface area contributed by atoms with E-state index in [-0.39, 0.29) is 30.2 Å². The van der Waals surface area contributed by atoms with Crippen LogP contribution in [0.4, 0.5) is 0 Å². The van der Waals surface area contributed by atoms with Crippen LogP contribution in [0.1, 0.15) is 47.0 Å². The highest BCUT2D eigenvalue weighted by molar-refractivity contribution is 5.94. The van der Waals surface area contributed by atoms with Crippen LogP contribution >= 0.6 is 0 Å². The predicted molar refractivity (Wildman–Crippen MR) is 61.6 cm³/mol. The Morgan fingerprint density at radius 3 is 2.00 bits per heavy atom. The Balaban J connectivity index is 2.84. The molecule has 0 aromatic rings. The third-order valence-corrected chi connectivity index (χ3v) is 3.97. The molecule has 3 heteroatoms. The van der Waals surface area contributed by atoms with Gasteiger partial charge in [0.05, 0.1) is 12.3 Å². The molecule has 0 aromatic carbocycles. The van der Waals surface area contributed by atoms with Crippen molar-refractivity contribution in [1.82, 2.24) is 0 Å². The summed E-state index contributed by atoms with van der Waals surface area (Å²) in [6, 6.07) is 0. The van der Waals surface area contributed by atoms with Gasteiger partial charge in [0.2, 0.25) is 0 Å². The molecular weight excluding hydrogens is 204 g/mol. The molecular formula is C13H22O3. The van der Waals surface area contributed by atoms with Gasteiger partial charge in [-0.15, -0.1) is 0 Å².